The highest BCUT2D eigenvalue weighted by Crippen LogP contribution is 2.32. The third kappa shape index (κ3) is 4.59. The lowest BCUT2D eigenvalue weighted by Crippen LogP contribution is -2.39. The van der Waals surface area contributed by atoms with Gasteiger partial charge in [-0.3, -0.25) is 9.59 Å². The van der Waals surface area contributed by atoms with Crippen molar-refractivity contribution in [3.8, 4) is 0 Å². The number of nitrogens with one attached hydrogen (secondary N) is 2. The Bertz CT molecular complexity index is 527. The van der Waals surface area contributed by atoms with Crippen molar-refractivity contribution in [3.05, 3.63) is 28.2 Å². The van der Waals surface area contributed by atoms with Crippen LogP contribution < -0.4 is 10.6 Å². The van der Waals surface area contributed by atoms with Gasteiger partial charge in [0.1, 0.15) is 6.04 Å². The summed E-state index contributed by atoms with van der Waals surface area (Å²) in [6, 6.07) is 4.39. The maximum Gasteiger partial charge on any atom is 0.320 e. The molecule has 114 valence electrons. The van der Waals surface area contributed by atoms with E-state index >= 15 is 0 Å². The molecule has 0 aromatic heterocycles. The van der Waals surface area contributed by atoms with E-state index in [9.17, 15) is 9.59 Å². The topological polar surface area (TPSA) is 78.4 Å². The molecule has 1 atom stereocenters. The number of hydrogen-bond acceptors (Lipinski definition) is 3. The van der Waals surface area contributed by atoms with E-state index < -0.39 is 12.0 Å². The number of carbonyl (C=O) groups is 2. The van der Waals surface area contributed by atoms with Crippen molar-refractivity contribution < 1.29 is 14.7 Å². The average molecular weight is 331 g/mol. The molecule has 5 nitrogen and oxygen atoms in total. The van der Waals surface area contributed by atoms with Crippen molar-refractivity contribution in [2.45, 2.75) is 25.3 Å². The minimum absolute atomic E-state index is 0.151. The molecule has 1 amide bonds. The maximum absolute atomic E-state index is 11.8. The van der Waals surface area contributed by atoms with E-state index in [1.165, 1.54) is 0 Å². The molecule has 1 aliphatic rings. The van der Waals surface area contributed by atoms with Crippen molar-refractivity contribution in [2.75, 3.05) is 11.9 Å². The van der Waals surface area contributed by atoms with Crippen LogP contribution in [0, 0.1) is 5.92 Å². The minimum atomic E-state index is -0.868. The largest absolute Gasteiger partial charge is 0.480 e. The fourth-order valence-corrected chi connectivity index (χ4v) is 2.54. The van der Waals surface area contributed by atoms with Crippen molar-refractivity contribution in [1.82, 2.24) is 5.32 Å². The number of carboxylic acid groups (broad SMARTS) is 1. The van der Waals surface area contributed by atoms with E-state index in [0.29, 0.717) is 22.3 Å². The Morgan fingerprint density at radius 1 is 1.29 bits per heavy atom. The van der Waals surface area contributed by atoms with Crippen LogP contribution in [0.5, 0.6) is 0 Å². The zero-order valence-electron chi connectivity index (χ0n) is 11.2. The smallest absolute Gasteiger partial charge is 0.320 e. The third-order valence-electron chi connectivity index (χ3n) is 3.30. The molecule has 1 aromatic carbocycles. The lowest BCUT2D eigenvalue weighted by atomic mass is 10.2. The van der Waals surface area contributed by atoms with Crippen LogP contribution in [0.4, 0.5) is 5.69 Å². The predicted molar refractivity (Wildman–Crippen MR) is 81.9 cm³/mol. The molecule has 1 aliphatic carbocycles. The molecule has 21 heavy (non-hydrogen) atoms. The molecule has 7 heteroatoms. The third-order valence-corrected chi connectivity index (χ3v) is 3.93. The molecular formula is C14H16Cl2N2O3. The number of benzene rings is 1. The summed E-state index contributed by atoms with van der Waals surface area (Å²) in [5.74, 6) is -0.951. The summed E-state index contributed by atoms with van der Waals surface area (Å²) in [4.78, 5) is 22.9. The van der Waals surface area contributed by atoms with Gasteiger partial charge in [-0.15, -0.1) is 0 Å². The molecule has 2 rings (SSSR count). The van der Waals surface area contributed by atoms with E-state index in [4.69, 9.17) is 28.3 Å². The maximum atomic E-state index is 11.8. The summed E-state index contributed by atoms with van der Waals surface area (Å²) in [5, 5.41) is 15.3. The molecule has 1 fully saturated rings. The highest BCUT2D eigenvalue weighted by atomic mass is 35.5. The molecule has 0 bridgehead atoms. The Balaban J connectivity index is 1.81. The second-order valence-electron chi connectivity index (χ2n) is 5.00. The van der Waals surface area contributed by atoms with Gasteiger partial charge in [-0.2, -0.15) is 0 Å². The van der Waals surface area contributed by atoms with E-state index in [-0.39, 0.29) is 18.2 Å². The monoisotopic (exact) mass is 330 g/mol. The van der Waals surface area contributed by atoms with Gasteiger partial charge in [-0.05, 0) is 30.9 Å². The predicted octanol–water partition coefficient (Wildman–Crippen LogP) is 2.77. The van der Waals surface area contributed by atoms with Gasteiger partial charge in [0.2, 0.25) is 5.91 Å². The molecule has 0 saturated heterocycles. The first-order valence-corrected chi connectivity index (χ1v) is 7.44. The van der Waals surface area contributed by atoms with E-state index in [0.717, 1.165) is 12.8 Å². The summed E-state index contributed by atoms with van der Waals surface area (Å²) < 4.78 is 0. The Morgan fingerprint density at radius 2 is 1.90 bits per heavy atom. The van der Waals surface area contributed by atoms with Gasteiger partial charge in [0.05, 0.1) is 15.7 Å². The molecule has 0 spiro atoms. The zero-order valence-corrected chi connectivity index (χ0v) is 12.7. The molecule has 1 saturated carbocycles. The average Bonchev–Trinajstić information content (AvgIpc) is 3.23. The summed E-state index contributed by atoms with van der Waals surface area (Å²) in [6.45, 7) is 0.293. The first-order chi connectivity index (χ1) is 9.99. The molecule has 0 aliphatic heterocycles. The van der Waals surface area contributed by atoms with Gasteiger partial charge in [0.15, 0.2) is 0 Å². The van der Waals surface area contributed by atoms with Crippen LogP contribution in [0.15, 0.2) is 18.2 Å². The molecule has 1 unspecified atom stereocenters. The molecule has 1 aromatic rings. The number of carbonyl (C=O) groups excluding carboxylic acids is 1. The Kier molecular flexibility index (Phi) is 5.45. The molecular weight excluding hydrogens is 315 g/mol. The fraction of sp³-hybridized carbons (Fsp3) is 0.429. The normalized spacial score (nSPS) is 15.5. The highest BCUT2D eigenvalue weighted by molar-refractivity contribution is 6.39. The number of rotatable bonds is 7. The standard InChI is InChI=1S/C14H16Cl2N2O3/c15-9-2-1-3-10(16)13(9)18-11(19)6-7-17-12(14(20)21)8-4-5-8/h1-3,8,12,17H,4-7H2,(H,18,19)(H,20,21). The van der Waals surface area contributed by atoms with E-state index in [1.807, 2.05) is 0 Å². The van der Waals surface area contributed by atoms with Crippen molar-refractivity contribution >= 4 is 40.8 Å². The SMILES string of the molecule is O=C(CCNC(C(=O)O)C1CC1)Nc1c(Cl)cccc1Cl. The number of anilines is 1. The van der Waals surface area contributed by atoms with Crippen molar-refractivity contribution in [2.24, 2.45) is 5.92 Å². The van der Waals surface area contributed by atoms with Gasteiger partial charge in [-0.1, -0.05) is 29.3 Å². The first-order valence-electron chi connectivity index (χ1n) is 6.69. The fourth-order valence-electron chi connectivity index (χ4n) is 2.05. The minimum Gasteiger partial charge on any atom is -0.480 e. The number of aliphatic carboxylic acids is 1. The van der Waals surface area contributed by atoms with Gasteiger partial charge in [0, 0.05) is 13.0 Å². The van der Waals surface area contributed by atoms with Crippen LogP contribution in [0.1, 0.15) is 19.3 Å². The summed E-state index contributed by atoms with van der Waals surface area (Å²) in [6.07, 6.45) is 1.99. The first kappa shape index (κ1) is 16.1. The second-order valence-corrected chi connectivity index (χ2v) is 5.82. The van der Waals surface area contributed by atoms with Crippen LogP contribution in [0.3, 0.4) is 0 Å². The van der Waals surface area contributed by atoms with Crippen LogP contribution >= 0.6 is 23.2 Å². The highest BCUT2D eigenvalue weighted by Gasteiger charge is 2.35. The number of hydrogen-bond donors (Lipinski definition) is 3. The lowest BCUT2D eigenvalue weighted by Gasteiger charge is -2.13. The van der Waals surface area contributed by atoms with Gasteiger partial charge in [-0.25, -0.2) is 0 Å². The summed E-state index contributed by atoms with van der Waals surface area (Å²) >= 11 is 11.9. The van der Waals surface area contributed by atoms with Gasteiger partial charge >= 0.3 is 5.97 Å². The van der Waals surface area contributed by atoms with E-state index in [1.54, 1.807) is 18.2 Å². The van der Waals surface area contributed by atoms with Crippen molar-refractivity contribution in [3.63, 3.8) is 0 Å². The Hall–Kier alpha value is -1.30. The van der Waals surface area contributed by atoms with Gasteiger partial charge < -0.3 is 15.7 Å². The van der Waals surface area contributed by atoms with E-state index in [2.05, 4.69) is 10.6 Å². The van der Waals surface area contributed by atoms with Crippen LogP contribution in [-0.2, 0) is 9.59 Å². The second kappa shape index (κ2) is 7.11. The Morgan fingerprint density at radius 3 is 2.43 bits per heavy atom. The molecule has 0 radical (unpaired) electrons. The quantitative estimate of drug-likeness (QED) is 0.718. The lowest BCUT2D eigenvalue weighted by molar-refractivity contribution is -0.140. The van der Waals surface area contributed by atoms with Crippen LogP contribution in [0.2, 0.25) is 10.0 Å². The molecule has 0 heterocycles. The van der Waals surface area contributed by atoms with Crippen LogP contribution in [-0.4, -0.2) is 29.6 Å². The Labute approximate surface area is 132 Å². The number of carboxylic acids is 1. The molecule has 3 N–H and O–H groups in total. The summed E-state index contributed by atoms with van der Waals surface area (Å²) in [5.41, 5.74) is 0.378. The summed E-state index contributed by atoms with van der Waals surface area (Å²) in [7, 11) is 0. The van der Waals surface area contributed by atoms with Crippen LogP contribution in [0.25, 0.3) is 0 Å². The number of halogens is 2. The zero-order chi connectivity index (χ0) is 15.4. The van der Waals surface area contributed by atoms with Crippen molar-refractivity contribution in [1.29, 1.82) is 0 Å². The number of amides is 1. The van der Waals surface area contributed by atoms with Gasteiger partial charge in [0.25, 0.3) is 0 Å². The number of para-hydroxylation sites is 1.